The van der Waals surface area contributed by atoms with E-state index in [4.69, 9.17) is 0 Å². The minimum absolute atomic E-state index is 0.109. The van der Waals surface area contributed by atoms with Gasteiger partial charge in [0, 0.05) is 0 Å². The van der Waals surface area contributed by atoms with Gasteiger partial charge in [-0.05, 0) is 47.6 Å². The van der Waals surface area contributed by atoms with E-state index in [0.29, 0.717) is 12.2 Å². The van der Waals surface area contributed by atoms with Crippen molar-refractivity contribution in [2.45, 2.75) is 38.0 Å². The number of hydrogen-bond donors (Lipinski definition) is 0. The van der Waals surface area contributed by atoms with Gasteiger partial charge in [0.2, 0.25) is 0 Å². The molecule has 0 radical (unpaired) electrons. The number of rotatable bonds is 3. The van der Waals surface area contributed by atoms with Crippen molar-refractivity contribution in [3.63, 3.8) is 0 Å². The molecule has 1 aliphatic rings. The first-order valence-electron chi connectivity index (χ1n) is 7.63. The van der Waals surface area contributed by atoms with Crippen molar-refractivity contribution in [3.8, 4) is 11.1 Å². The molecule has 2 aromatic rings. The Labute approximate surface area is 124 Å². The number of aldehydes is 1. The summed E-state index contributed by atoms with van der Waals surface area (Å²) < 4.78 is 13.7. The Morgan fingerprint density at radius 3 is 2.19 bits per heavy atom. The standard InChI is InChI=1S/C19H19FO/c20-19-12-17(10-11-18(19)13-21)16-8-6-15(7-9-16)14-4-2-1-3-5-14/h6-14H,1-5H2. The highest BCUT2D eigenvalue weighted by molar-refractivity contribution is 5.77. The van der Waals surface area contributed by atoms with E-state index in [1.54, 1.807) is 6.07 Å². The highest BCUT2D eigenvalue weighted by Gasteiger charge is 2.15. The van der Waals surface area contributed by atoms with Gasteiger partial charge >= 0.3 is 0 Å². The first-order valence-corrected chi connectivity index (χ1v) is 7.63. The van der Waals surface area contributed by atoms with Gasteiger partial charge in [0.15, 0.2) is 6.29 Å². The molecule has 3 rings (SSSR count). The zero-order valence-electron chi connectivity index (χ0n) is 12.0. The van der Waals surface area contributed by atoms with Crippen molar-refractivity contribution in [2.75, 3.05) is 0 Å². The lowest BCUT2D eigenvalue weighted by atomic mass is 9.84. The molecule has 1 nitrogen and oxygen atoms in total. The number of hydrogen-bond acceptors (Lipinski definition) is 1. The van der Waals surface area contributed by atoms with Crippen LogP contribution in [0.1, 0.15) is 53.9 Å². The van der Waals surface area contributed by atoms with Crippen LogP contribution in [-0.2, 0) is 0 Å². The smallest absolute Gasteiger partial charge is 0.152 e. The van der Waals surface area contributed by atoms with E-state index in [1.807, 2.05) is 0 Å². The van der Waals surface area contributed by atoms with Crippen LogP contribution in [0.3, 0.4) is 0 Å². The average molecular weight is 282 g/mol. The van der Waals surface area contributed by atoms with Gasteiger partial charge in [-0.25, -0.2) is 4.39 Å². The van der Waals surface area contributed by atoms with Crippen molar-refractivity contribution in [2.24, 2.45) is 0 Å². The maximum Gasteiger partial charge on any atom is 0.152 e. The van der Waals surface area contributed by atoms with Crippen molar-refractivity contribution in [1.29, 1.82) is 0 Å². The van der Waals surface area contributed by atoms with Crippen LogP contribution in [0.4, 0.5) is 4.39 Å². The number of halogens is 1. The van der Waals surface area contributed by atoms with Gasteiger partial charge in [0.05, 0.1) is 5.56 Å². The molecule has 0 amide bonds. The molecule has 1 aliphatic carbocycles. The molecule has 2 aromatic carbocycles. The Hall–Kier alpha value is -1.96. The summed E-state index contributed by atoms with van der Waals surface area (Å²) in [5.41, 5.74) is 3.31. The van der Waals surface area contributed by atoms with Gasteiger partial charge in [-0.2, -0.15) is 0 Å². The molecule has 0 aliphatic heterocycles. The normalized spacial score (nSPS) is 15.9. The molecular weight excluding hydrogens is 263 g/mol. The third-order valence-electron chi connectivity index (χ3n) is 4.45. The van der Waals surface area contributed by atoms with E-state index in [-0.39, 0.29) is 5.56 Å². The number of carbonyl (C=O) groups is 1. The average Bonchev–Trinajstić information content (AvgIpc) is 2.56. The lowest BCUT2D eigenvalue weighted by Gasteiger charge is -2.22. The zero-order chi connectivity index (χ0) is 14.7. The van der Waals surface area contributed by atoms with Crippen LogP contribution >= 0.6 is 0 Å². The fourth-order valence-corrected chi connectivity index (χ4v) is 3.19. The summed E-state index contributed by atoms with van der Waals surface area (Å²) in [6.07, 6.45) is 7.11. The predicted molar refractivity (Wildman–Crippen MR) is 83.0 cm³/mol. The molecule has 0 heterocycles. The van der Waals surface area contributed by atoms with E-state index in [9.17, 15) is 9.18 Å². The molecule has 2 heteroatoms. The molecule has 0 atom stereocenters. The maximum atomic E-state index is 13.7. The first kappa shape index (κ1) is 14.0. The second-order valence-electron chi connectivity index (χ2n) is 5.81. The quantitative estimate of drug-likeness (QED) is 0.693. The van der Waals surface area contributed by atoms with Crippen molar-refractivity contribution >= 4 is 6.29 Å². The van der Waals surface area contributed by atoms with Gasteiger partial charge in [0.1, 0.15) is 5.82 Å². The minimum Gasteiger partial charge on any atom is -0.298 e. The number of benzene rings is 2. The van der Waals surface area contributed by atoms with Gasteiger partial charge in [-0.1, -0.05) is 49.6 Å². The Morgan fingerprint density at radius 1 is 0.905 bits per heavy atom. The lowest BCUT2D eigenvalue weighted by Crippen LogP contribution is -2.04. The summed E-state index contributed by atoms with van der Waals surface area (Å²) >= 11 is 0. The van der Waals surface area contributed by atoms with Crippen LogP contribution in [0, 0.1) is 5.82 Å². The van der Waals surface area contributed by atoms with Crippen LogP contribution in [-0.4, -0.2) is 6.29 Å². The van der Waals surface area contributed by atoms with Crippen LogP contribution in [0.5, 0.6) is 0 Å². The van der Waals surface area contributed by atoms with Crippen LogP contribution in [0.25, 0.3) is 11.1 Å². The van der Waals surface area contributed by atoms with Crippen molar-refractivity contribution in [3.05, 3.63) is 59.4 Å². The summed E-state index contributed by atoms with van der Waals surface area (Å²) in [6, 6.07) is 13.2. The summed E-state index contributed by atoms with van der Waals surface area (Å²) in [5, 5.41) is 0. The number of carbonyl (C=O) groups excluding carboxylic acids is 1. The van der Waals surface area contributed by atoms with E-state index in [1.165, 1.54) is 49.8 Å². The third-order valence-corrected chi connectivity index (χ3v) is 4.45. The summed E-state index contributed by atoms with van der Waals surface area (Å²) in [4.78, 5) is 10.7. The summed E-state index contributed by atoms with van der Waals surface area (Å²) in [7, 11) is 0. The van der Waals surface area contributed by atoms with Gasteiger partial charge < -0.3 is 0 Å². The monoisotopic (exact) mass is 282 g/mol. The van der Waals surface area contributed by atoms with E-state index in [2.05, 4.69) is 24.3 Å². The Morgan fingerprint density at radius 2 is 1.57 bits per heavy atom. The van der Waals surface area contributed by atoms with Crippen LogP contribution < -0.4 is 0 Å². The Kier molecular flexibility index (Phi) is 4.14. The molecular formula is C19H19FO. The largest absolute Gasteiger partial charge is 0.298 e. The fourth-order valence-electron chi connectivity index (χ4n) is 3.19. The summed E-state index contributed by atoms with van der Waals surface area (Å²) in [5.74, 6) is 0.223. The molecule has 0 saturated heterocycles. The highest BCUT2D eigenvalue weighted by atomic mass is 19.1. The zero-order valence-corrected chi connectivity index (χ0v) is 12.0. The third kappa shape index (κ3) is 3.05. The summed E-state index contributed by atoms with van der Waals surface area (Å²) in [6.45, 7) is 0. The molecule has 0 bridgehead atoms. The van der Waals surface area contributed by atoms with E-state index < -0.39 is 5.82 Å². The second-order valence-corrected chi connectivity index (χ2v) is 5.81. The van der Waals surface area contributed by atoms with E-state index in [0.717, 1.165) is 11.1 Å². The van der Waals surface area contributed by atoms with Crippen molar-refractivity contribution in [1.82, 2.24) is 0 Å². The van der Waals surface area contributed by atoms with Crippen LogP contribution in [0.15, 0.2) is 42.5 Å². The minimum atomic E-state index is -0.459. The maximum absolute atomic E-state index is 13.7. The van der Waals surface area contributed by atoms with Crippen molar-refractivity contribution < 1.29 is 9.18 Å². The van der Waals surface area contributed by atoms with Gasteiger partial charge in [-0.15, -0.1) is 0 Å². The molecule has 0 aromatic heterocycles. The first-order chi connectivity index (χ1) is 10.3. The van der Waals surface area contributed by atoms with E-state index >= 15 is 0 Å². The lowest BCUT2D eigenvalue weighted by molar-refractivity contribution is 0.112. The highest BCUT2D eigenvalue weighted by Crippen LogP contribution is 2.33. The van der Waals surface area contributed by atoms with Gasteiger partial charge in [0.25, 0.3) is 0 Å². The predicted octanol–water partition coefficient (Wildman–Crippen LogP) is 5.35. The van der Waals surface area contributed by atoms with Crippen LogP contribution in [0.2, 0.25) is 0 Å². The topological polar surface area (TPSA) is 17.1 Å². The van der Waals surface area contributed by atoms with Gasteiger partial charge in [-0.3, -0.25) is 4.79 Å². The second kappa shape index (κ2) is 6.21. The molecule has 0 N–H and O–H groups in total. The molecule has 0 spiro atoms. The molecule has 21 heavy (non-hydrogen) atoms. The fraction of sp³-hybridized carbons (Fsp3) is 0.316. The Bertz CT molecular complexity index is 625. The molecule has 1 saturated carbocycles. The molecule has 108 valence electrons. The molecule has 1 fully saturated rings. The Balaban J connectivity index is 1.83. The molecule has 0 unspecified atom stereocenters. The SMILES string of the molecule is O=Cc1ccc(-c2ccc(C3CCCCC3)cc2)cc1F.